The Bertz CT molecular complexity index is 1030. The van der Waals surface area contributed by atoms with E-state index in [-0.39, 0.29) is 37.3 Å². The molecule has 0 bridgehead atoms. The number of carbonyl (C=O) groups is 4. The number of carbonyl (C=O) groups excluding carboxylic acids is 4. The van der Waals surface area contributed by atoms with Gasteiger partial charge in [-0.2, -0.15) is 0 Å². The first kappa shape index (κ1) is 22.7. The van der Waals surface area contributed by atoms with Crippen molar-refractivity contribution >= 4 is 29.4 Å². The van der Waals surface area contributed by atoms with E-state index >= 15 is 0 Å². The highest BCUT2D eigenvalue weighted by Crippen LogP contribution is 2.32. The van der Waals surface area contributed by atoms with E-state index in [4.69, 9.17) is 4.74 Å². The smallest absolute Gasteiger partial charge is 0.338 e. The Morgan fingerprint density at radius 1 is 1.00 bits per heavy atom. The van der Waals surface area contributed by atoms with Crippen molar-refractivity contribution in [2.24, 2.45) is 0 Å². The van der Waals surface area contributed by atoms with Crippen LogP contribution in [0.15, 0.2) is 54.6 Å². The third kappa shape index (κ3) is 4.82. The Morgan fingerprint density at radius 2 is 1.67 bits per heavy atom. The van der Waals surface area contributed by atoms with Crippen LogP contribution in [0, 0.1) is 0 Å². The van der Waals surface area contributed by atoms with E-state index in [2.05, 4.69) is 0 Å². The highest BCUT2D eigenvalue weighted by atomic mass is 16.5. The van der Waals surface area contributed by atoms with E-state index < -0.39 is 17.9 Å². The summed E-state index contributed by atoms with van der Waals surface area (Å²) < 4.78 is 4.99. The second-order valence-corrected chi connectivity index (χ2v) is 8.46. The van der Waals surface area contributed by atoms with Crippen molar-refractivity contribution in [3.63, 3.8) is 0 Å². The van der Waals surface area contributed by atoms with E-state index in [1.54, 1.807) is 24.0 Å². The van der Waals surface area contributed by atoms with Gasteiger partial charge in [0.05, 0.1) is 30.7 Å². The van der Waals surface area contributed by atoms with Crippen LogP contribution in [0.2, 0.25) is 0 Å². The lowest BCUT2D eigenvalue weighted by Crippen LogP contribution is -2.50. The lowest BCUT2D eigenvalue weighted by Gasteiger charge is -2.33. The average Bonchev–Trinajstić information content (AvgIpc) is 3.43. The summed E-state index contributed by atoms with van der Waals surface area (Å²) >= 11 is 0. The van der Waals surface area contributed by atoms with Crippen molar-refractivity contribution in [2.45, 2.75) is 57.5 Å². The monoisotopic (exact) mass is 448 g/mol. The molecule has 0 N–H and O–H groups in total. The van der Waals surface area contributed by atoms with Crippen molar-refractivity contribution in [1.82, 2.24) is 4.90 Å². The molecule has 33 heavy (non-hydrogen) atoms. The Morgan fingerprint density at radius 3 is 2.30 bits per heavy atom. The lowest BCUT2D eigenvalue weighted by molar-refractivity contribution is -0.140. The molecule has 1 saturated heterocycles. The molecule has 3 amide bonds. The second kappa shape index (κ2) is 9.98. The van der Waals surface area contributed by atoms with Crippen LogP contribution in [0.5, 0.6) is 0 Å². The SMILES string of the molecule is CCOC(=O)c1ccc(N2C(=O)CC(N(C(=O)Cc3ccccc3)C3CCCC3)C2=O)cc1. The molecule has 172 valence electrons. The first-order chi connectivity index (χ1) is 16.0. The molecule has 1 atom stereocenters. The molecule has 1 unspecified atom stereocenters. The number of imide groups is 1. The Hall–Kier alpha value is -3.48. The molecule has 7 nitrogen and oxygen atoms in total. The van der Waals surface area contributed by atoms with Crippen molar-refractivity contribution in [3.05, 3.63) is 65.7 Å². The summed E-state index contributed by atoms with van der Waals surface area (Å²) in [7, 11) is 0. The molecule has 2 aromatic rings. The quantitative estimate of drug-likeness (QED) is 0.478. The maximum absolute atomic E-state index is 13.4. The van der Waals surface area contributed by atoms with Crippen LogP contribution >= 0.6 is 0 Å². The summed E-state index contributed by atoms with van der Waals surface area (Å²) in [5.74, 6) is -1.32. The highest BCUT2D eigenvalue weighted by molar-refractivity contribution is 6.23. The van der Waals surface area contributed by atoms with Crippen LogP contribution in [0.4, 0.5) is 5.69 Å². The summed E-state index contributed by atoms with van der Waals surface area (Å²) in [5.41, 5.74) is 1.62. The number of hydrogen-bond donors (Lipinski definition) is 0. The number of hydrogen-bond acceptors (Lipinski definition) is 5. The zero-order valence-electron chi connectivity index (χ0n) is 18.7. The molecular weight excluding hydrogens is 420 g/mol. The molecular formula is C26H28N2O5. The fraction of sp³-hybridized carbons (Fsp3) is 0.385. The predicted octanol–water partition coefficient (Wildman–Crippen LogP) is 3.51. The average molecular weight is 449 g/mol. The molecule has 2 aromatic carbocycles. The lowest BCUT2D eigenvalue weighted by atomic mass is 10.1. The van der Waals surface area contributed by atoms with Gasteiger partial charge in [0.2, 0.25) is 11.8 Å². The van der Waals surface area contributed by atoms with Crippen LogP contribution in [0.1, 0.15) is 54.9 Å². The molecule has 1 aliphatic carbocycles. The number of esters is 1. The highest BCUT2D eigenvalue weighted by Gasteiger charge is 2.46. The van der Waals surface area contributed by atoms with Gasteiger partial charge in [-0.3, -0.25) is 14.4 Å². The molecule has 2 fully saturated rings. The van der Waals surface area contributed by atoms with Gasteiger partial charge in [-0.15, -0.1) is 0 Å². The maximum Gasteiger partial charge on any atom is 0.338 e. The van der Waals surface area contributed by atoms with Gasteiger partial charge in [-0.05, 0) is 49.6 Å². The standard InChI is InChI=1S/C26H28N2O5/c1-2-33-26(32)19-12-14-21(15-13-19)28-24(30)17-22(25(28)31)27(20-10-6-7-11-20)23(29)16-18-8-4-3-5-9-18/h3-5,8-9,12-15,20,22H,2,6-7,10-11,16-17H2,1H3. The van der Waals surface area contributed by atoms with E-state index in [9.17, 15) is 19.2 Å². The van der Waals surface area contributed by atoms with E-state index in [0.29, 0.717) is 11.3 Å². The largest absolute Gasteiger partial charge is 0.462 e. The molecule has 7 heteroatoms. The first-order valence-electron chi connectivity index (χ1n) is 11.5. The molecule has 1 aliphatic heterocycles. The molecule has 0 aromatic heterocycles. The van der Waals surface area contributed by atoms with Crippen LogP contribution < -0.4 is 4.90 Å². The number of amides is 3. The van der Waals surface area contributed by atoms with Gasteiger partial charge < -0.3 is 9.64 Å². The fourth-order valence-corrected chi connectivity index (χ4v) is 4.74. The van der Waals surface area contributed by atoms with Crippen molar-refractivity contribution < 1.29 is 23.9 Å². The molecule has 0 radical (unpaired) electrons. The van der Waals surface area contributed by atoms with Crippen LogP contribution in [-0.2, 0) is 25.5 Å². The Balaban J connectivity index is 1.56. The van der Waals surface area contributed by atoms with Gasteiger partial charge in [-0.1, -0.05) is 43.2 Å². The van der Waals surface area contributed by atoms with Crippen LogP contribution in [0.3, 0.4) is 0 Å². The van der Waals surface area contributed by atoms with E-state index in [0.717, 1.165) is 36.1 Å². The van der Waals surface area contributed by atoms with Gasteiger partial charge in [0.25, 0.3) is 5.91 Å². The zero-order chi connectivity index (χ0) is 23.4. The van der Waals surface area contributed by atoms with Crippen molar-refractivity contribution in [2.75, 3.05) is 11.5 Å². The van der Waals surface area contributed by atoms with Crippen molar-refractivity contribution in [1.29, 1.82) is 0 Å². The molecule has 2 aliphatic rings. The number of benzene rings is 2. The summed E-state index contributed by atoms with van der Waals surface area (Å²) in [4.78, 5) is 54.4. The third-order valence-electron chi connectivity index (χ3n) is 6.30. The third-order valence-corrected chi connectivity index (χ3v) is 6.30. The summed E-state index contributed by atoms with van der Waals surface area (Å²) in [6.45, 7) is 1.99. The van der Waals surface area contributed by atoms with Crippen LogP contribution in [0.25, 0.3) is 0 Å². The summed E-state index contributed by atoms with van der Waals surface area (Å²) in [6.07, 6.45) is 3.86. The molecule has 0 spiro atoms. The summed E-state index contributed by atoms with van der Waals surface area (Å²) in [5, 5.41) is 0. The van der Waals surface area contributed by atoms with E-state index in [1.165, 1.54) is 12.1 Å². The van der Waals surface area contributed by atoms with Gasteiger partial charge in [0.15, 0.2) is 0 Å². The van der Waals surface area contributed by atoms with Crippen LogP contribution in [-0.4, -0.2) is 47.3 Å². The van der Waals surface area contributed by atoms with Gasteiger partial charge >= 0.3 is 5.97 Å². The Kier molecular flexibility index (Phi) is 6.87. The normalized spacial score (nSPS) is 18.6. The molecule has 1 saturated carbocycles. The predicted molar refractivity (Wildman–Crippen MR) is 123 cm³/mol. The second-order valence-electron chi connectivity index (χ2n) is 8.46. The number of nitrogens with zero attached hydrogens (tertiary/aromatic N) is 2. The molecule has 1 heterocycles. The number of ether oxygens (including phenoxy) is 1. The zero-order valence-corrected chi connectivity index (χ0v) is 18.7. The summed E-state index contributed by atoms with van der Waals surface area (Å²) in [6, 6.07) is 14.8. The van der Waals surface area contributed by atoms with Gasteiger partial charge in [-0.25, -0.2) is 9.69 Å². The minimum Gasteiger partial charge on any atom is -0.462 e. The topological polar surface area (TPSA) is 84.0 Å². The van der Waals surface area contributed by atoms with E-state index in [1.807, 2.05) is 30.3 Å². The Labute approximate surface area is 193 Å². The van der Waals surface area contributed by atoms with Crippen molar-refractivity contribution in [3.8, 4) is 0 Å². The number of anilines is 1. The van der Waals surface area contributed by atoms with Gasteiger partial charge in [0.1, 0.15) is 6.04 Å². The van der Waals surface area contributed by atoms with Gasteiger partial charge in [0, 0.05) is 6.04 Å². The minimum absolute atomic E-state index is 0.0323. The maximum atomic E-state index is 13.4. The first-order valence-corrected chi connectivity index (χ1v) is 11.5. The fourth-order valence-electron chi connectivity index (χ4n) is 4.74. The minimum atomic E-state index is -0.804. The molecule has 4 rings (SSSR count). The number of rotatable bonds is 7.